The number of aromatic amines is 1. The van der Waals surface area contributed by atoms with Gasteiger partial charge in [-0.1, -0.05) is 15.9 Å². The Morgan fingerprint density at radius 2 is 1.94 bits per heavy atom. The van der Waals surface area contributed by atoms with Crippen molar-refractivity contribution in [2.24, 2.45) is 0 Å². The molecule has 0 aliphatic rings. The zero-order chi connectivity index (χ0) is 13.1. The fraction of sp³-hybridized carbons (Fsp3) is 0.231. The highest BCUT2D eigenvalue weighted by Crippen LogP contribution is 2.23. The number of nitrogens with one attached hydrogen (secondary N) is 1. The van der Waals surface area contributed by atoms with Crippen LogP contribution in [0.25, 0.3) is 0 Å². The number of thioether (sulfide) groups is 1. The van der Waals surface area contributed by atoms with E-state index in [4.69, 9.17) is 0 Å². The number of benzene rings is 1. The maximum atomic E-state index is 11.6. The second-order valence-corrected chi connectivity index (χ2v) is 5.93. The Kier molecular flexibility index (Phi) is 4.24. The standard InChI is InChI=1S/C13H13BrN2OS/c1-8-9(2)15-12(16-13(8)17)7-18-11-5-3-10(14)4-6-11/h3-6H,7H2,1-2H3,(H,15,16,17). The van der Waals surface area contributed by atoms with Crippen LogP contribution < -0.4 is 5.56 Å². The molecule has 1 N–H and O–H groups in total. The average Bonchev–Trinajstić information content (AvgIpc) is 2.35. The molecule has 0 atom stereocenters. The molecule has 94 valence electrons. The number of rotatable bonds is 3. The van der Waals surface area contributed by atoms with Crippen LogP contribution in [0.1, 0.15) is 17.1 Å². The van der Waals surface area contributed by atoms with Crippen LogP contribution in [0.15, 0.2) is 38.4 Å². The van der Waals surface area contributed by atoms with Gasteiger partial charge in [0.2, 0.25) is 0 Å². The molecule has 0 fully saturated rings. The van der Waals surface area contributed by atoms with Crippen LogP contribution in [-0.4, -0.2) is 9.97 Å². The van der Waals surface area contributed by atoms with E-state index in [2.05, 4.69) is 25.9 Å². The van der Waals surface area contributed by atoms with Gasteiger partial charge in [-0.3, -0.25) is 4.79 Å². The summed E-state index contributed by atoms with van der Waals surface area (Å²) >= 11 is 5.05. The van der Waals surface area contributed by atoms with E-state index in [1.54, 1.807) is 18.7 Å². The lowest BCUT2D eigenvalue weighted by Crippen LogP contribution is -2.15. The highest BCUT2D eigenvalue weighted by atomic mass is 79.9. The lowest BCUT2D eigenvalue weighted by atomic mass is 10.3. The molecule has 0 unspecified atom stereocenters. The van der Waals surface area contributed by atoms with E-state index in [0.29, 0.717) is 11.3 Å². The monoisotopic (exact) mass is 324 g/mol. The summed E-state index contributed by atoms with van der Waals surface area (Å²) in [6, 6.07) is 8.07. The van der Waals surface area contributed by atoms with Crippen molar-refractivity contribution in [2.45, 2.75) is 24.5 Å². The fourth-order valence-corrected chi connectivity index (χ4v) is 2.49. The SMILES string of the molecule is Cc1nc(CSc2ccc(Br)cc2)[nH]c(=O)c1C. The summed E-state index contributed by atoms with van der Waals surface area (Å²) in [5, 5.41) is 0. The van der Waals surface area contributed by atoms with Crippen molar-refractivity contribution in [3.8, 4) is 0 Å². The van der Waals surface area contributed by atoms with Crippen LogP contribution in [0, 0.1) is 13.8 Å². The molecule has 0 aliphatic heterocycles. The summed E-state index contributed by atoms with van der Waals surface area (Å²) in [5.41, 5.74) is 1.44. The number of aromatic nitrogens is 2. The molecule has 18 heavy (non-hydrogen) atoms. The second-order valence-electron chi connectivity index (χ2n) is 3.97. The van der Waals surface area contributed by atoms with E-state index < -0.39 is 0 Å². The summed E-state index contributed by atoms with van der Waals surface area (Å²) in [7, 11) is 0. The quantitative estimate of drug-likeness (QED) is 0.879. The molecule has 0 saturated heterocycles. The Morgan fingerprint density at radius 3 is 2.56 bits per heavy atom. The normalized spacial score (nSPS) is 10.6. The van der Waals surface area contributed by atoms with Crippen molar-refractivity contribution in [1.29, 1.82) is 0 Å². The number of hydrogen-bond acceptors (Lipinski definition) is 3. The Morgan fingerprint density at radius 1 is 1.28 bits per heavy atom. The first-order chi connectivity index (χ1) is 8.56. The highest BCUT2D eigenvalue weighted by molar-refractivity contribution is 9.10. The topological polar surface area (TPSA) is 45.8 Å². The van der Waals surface area contributed by atoms with Crippen molar-refractivity contribution >= 4 is 27.7 Å². The van der Waals surface area contributed by atoms with Gasteiger partial charge in [-0.15, -0.1) is 11.8 Å². The predicted octanol–water partition coefficient (Wildman–Crippen LogP) is 3.44. The summed E-state index contributed by atoms with van der Waals surface area (Å²) in [6.07, 6.45) is 0. The molecule has 0 radical (unpaired) electrons. The van der Waals surface area contributed by atoms with Crippen molar-refractivity contribution in [3.63, 3.8) is 0 Å². The summed E-state index contributed by atoms with van der Waals surface area (Å²) < 4.78 is 1.06. The van der Waals surface area contributed by atoms with E-state index in [1.807, 2.05) is 31.2 Å². The third kappa shape index (κ3) is 3.23. The van der Waals surface area contributed by atoms with Gasteiger partial charge in [-0.05, 0) is 38.1 Å². The van der Waals surface area contributed by atoms with Crippen LogP contribution in [0.2, 0.25) is 0 Å². The third-order valence-corrected chi connectivity index (χ3v) is 4.18. The largest absolute Gasteiger partial charge is 0.310 e. The average molecular weight is 325 g/mol. The van der Waals surface area contributed by atoms with E-state index in [-0.39, 0.29) is 5.56 Å². The van der Waals surface area contributed by atoms with Crippen molar-refractivity contribution < 1.29 is 0 Å². The second kappa shape index (κ2) is 5.71. The molecule has 1 aromatic heterocycles. The van der Waals surface area contributed by atoms with Crippen molar-refractivity contribution in [3.05, 3.63) is 56.2 Å². The van der Waals surface area contributed by atoms with E-state index in [0.717, 1.165) is 20.9 Å². The zero-order valence-electron chi connectivity index (χ0n) is 10.2. The predicted molar refractivity (Wildman–Crippen MR) is 78.0 cm³/mol. The number of hydrogen-bond donors (Lipinski definition) is 1. The molecule has 2 rings (SSSR count). The molecule has 3 nitrogen and oxygen atoms in total. The zero-order valence-corrected chi connectivity index (χ0v) is 12.6. The van der Waals surface area contributed by atoms with Crippen LogP contribution in [0.4, 0.5) is 0 Å². The number of nitrogens with zero attached hydrogens (tertiary/aromatic N) is 1. The molecule has 5 heteroatoms. The van der Waals surface area contributed by atoms with Gasteiger partial charge in [0.25, 0.3) is 5.56 Å². The minimum Gasteiger partial charge on any atom is -0.310 e. The molecular weight excluding hydrogens is 312 g/mol. The minimum absolute atomic E-state index is 0.0473. The van der Waals surface area contributed by atoms with Gasteiger partial charge < -0.3 is 4.98 Å². The first-order valence-electron chi connectivity index (χ1n) is 5.51. The van der Waals surface area contributed by atoms with Crippen LogP contribution in [0.3, 0.4) is 0 Å². The molecule has 2 aromatic rings. The van der Waals surface area contributed by atoms with Crippen molar-refractivity contribution in [1.82, 2.24) is 9.97 Å². The van der Waals surface area contributed by atoms with Crippen LogP contribution >= 0.6 is 27.7 Å². The number of aryl methyl sites for hydroxylation is 1. The Hall–Kier alpha value is -1.07. The highest BCUT2D eigenvalue weighted by Gasteiger charge is 2.04. The number of halogens is 1. The van der Waals surface area contributed by atoms with Crippen molar-refractivity contribution in [2.75, 3.05) is 0 Å². The molecule has 0 bridgehead atoms. The smallest absolute Gasteiger partial charge is 0.254 e. The van der Waals surface area contributed by atoms with E-state index in [1.165, 1.54) is 0 Å². The van der Waals surface area contributed by atoms with Gasteiger partial charge in [0.1, 0.15) is 5.82 Å². The summed E-state index contributed by atoms with van der Waals surface area (Å²) in [4.78, 5) is 19.9. The first-order valence-corrected chi connectivity index (χ1v) is 7.29. The summed E-state index contributed by atoms with van der Waals surface area (Å²) in [6.45, 7) is 3.64. The van der Waals surface area contributed by atoms with Gasteiger partial charge in [-0.25, -0.2) is 4.98 Å². The molecule has 0 saturated carbocycles. The third-order valence-electron chi connectivity index (χ3n) is 2.63. The van der Waals surface area contributed by atoms with E-state index in [9.17, 15) is 4.79 Å². The first kappa shape index (κ1) is 13.4. The molecular formula is C13H13BrN2OS. The number of H-pyrrole nitrogens is 1. The molecule has 1 heterocycles. The fourth-order valence-electron chi connectivity index (χ4n) is 1.45. The molecule has 0 spiro atoms. The Balaban J connectivity index is 2.11. The van der Waals surface area contributed by atoms with Crippen LogP contribution in [0.5, 0.6) is 0 Å². The van der Waals surface area contributed by atoms with Gasteiger partial charge in [-0.2, -0.15) is 0 Å². The minimum atomic E-state index is -0.0473. The maximum Gasteiger partial charge on any atom is 0.254 e. The van der Waals surface area contributed by atoms with Gasteiger partial charge in [0, 0.05) is 20.6 Å². The molecule has 0 aliphatic carbocycles. The molecule has 1 aromatic carbocycles. The Bertz CT molecular complexity index is 607. The van der Waals surface area contributed by atoms with Gasteiger partial charge >= 0.3 is 0 Å². The molecule has 0 amide bonds. The van der Waals surface area contributed by atoms with Gasteiger partial charge in [0.05, 0.1) is 5.75 Å². The lowest BCUT2D eigenvalue weighted by molar-refractivity contribution is 0.942. The van der Waals surface area contributed by atoms with Crippen LogP contribution in [-0.2, 0) is 5.75 Å². The maximum absolute atomic E-state index is 11.6. The lowest BCUT2D eigenvalue weighted by Gasteiger charge is -2.04. The van der Waals surface area contributed by atoms with Gasteiger partial charge in [0.15, 0.2) is 0 Å². The Labute approximate surface area is 118 Å². The van der Waals surface area contributed by atoms with E-state index >= 15 is 0 Å². The summed E-state index contributed by atoms with van der Waals surface area (Å²) in [5.74, 6) is 1.38.